The van der Waals surface area contributed by atoms with Crippen molar-refractivity contribution in [1.29, 1.82) is 0 Å². The van der Waals surface area contributed by atoms with Crippen molar-refractivity contribution in [3.63, 3.8) is 0 Å². The zero-order valence-corrected chi connectivity index (χ0v) is 15.2. The maximum atomic E-state index is 13.3. The van der Waals surface area contributed by atoms with E-state index in [1.54, 1.807) is 26.4 Å². The van der Waals surface area contributed by atoms with Crippen molar-refractivity contribution in [2.75, 3.05) is 14.2 Å². The predicted molar refractivity (Wildman–Crippen MR) is 97.9 cm³/mol. The van der Waals surface area contributed by atoms with E-state index in [-0.39, 0.29) is 11.7 Å². The third-order valence-electron chi connectivity index (χ3n) is 5.21. The van der Waals surface area contributed by atoms with E-state index in [9.17, 15) is 9.18 Å². The van der Waals surface area contributed by atoms with Gasteiger partial charge in [-0.25, -0.2) is 4.39 Å². The molecule has 1 saturated carbocycles. The van der Waals surface area contributed by atoms with E-state index in [2.05, 4.69) is 5.32 Å². The molecular weight excluding hydrogens is 333 g/mol. The Balaban J connectivity index is 1.81. The molecule has 2 aromatic carbocycles. The lowest BCUT2D eigenvalue weighted by atomic mass is 9.78. The number of methoxy groups -OCH3 is 2. The molecule has 0 radical (unpaired) electrons. The Labute approximate surface area is 153 Å². The van der Waals surface area contributed by atoms with Crippen LogP contribution < -0.4 is 14.8 Å². The van der Waals surface area contributed by atoms with Gasteiger partial charge in [0, 0.05) is 12.1 Å². The molecule has 1 aliphatic rings. The molecule has 0 bridgehead atoms. The Hall–Kier alpha value is -2.56. The van der Waals surface area contributed by atoms with Gasteiger partial charge in [0.15, 0.2) is 11.5 Å². The fraction of sp³-hybridized carbons (Fsp3) is 0.381. The standard InChI is InChI=1S/C21H24FNO3/c1-25-18-7-5-6-15(19(18)26-2)14-23-20(24)21(12-3-4-13-21)16-8-10-17(22)11-9-16/h5-11H,3-4,12-14H2,1-2H3,(H,23,24). The van der Waals surface area contributed by atoms with E-state index in [1.807, 2.05) is 18.2 Å². The lowest BCUT2D eigenvalue weighted by molar-refractivity contribution is -0.126. The number of para-hydroxylation sites is 1. The lowest BCUT2D eigenvalue weighted by Gasteiger charge is -2.28. The molecule has 0 atom stereocenters. The molecule has 0 unspecified atom stereocenters. The quantitative estimate of drug-likeness (QED) is 0.851. The second-order valence-electron chi connectivity index (χ2n) is 6.63. The first-order valence-corrected chi connectivity index (χ1v) is 8.85. The van der Waals surface area contributed by atoms with Crippen LogP contribution in [0.2, 0.25) is 0 Å². The van der Waals surface area contributed by atoms with Crippen molar-refractivity contribution in [1.82, 2.24) is 5.32 Å². The first-order chi connectivity index (χ1) is 12.6. The molecule has 138 valence electrons. The molecule has 1 aliphatic carbocycles. The van der Waals surface area contributed by atoms with Crippen LogP contribution >= 0.6 is 0 Å². The maximum absolute atomic E-state index is 13.3. The topological polar surface area (TPSA) is 47.6 Å². The number of carbonyl (C=O) groups excluding carboxylic acids is 1. The minimum absolute atomic E-state index is 0.0218. The smallest absolute Gasteiger partial charge is 0.230 e. The molecule has 0 spiro atoms. The van der Waals surface area contributed by atoms with Crippen LogP contribution in [0.25, 0.3) is 0 Å². The van der Waals surface area contributed by atoms with Crippen LogP contribution in [-0.4, -0.2) is 20.1 Å². The summed E-state index contributed by atoms with van der Waals surface area (Å²) in [6.45, 7) is 0.349. The van der Waals surface area contributed by atoms with E-state index >= 15 is 0 Å². The summed E-state index contributed by atoms with van der Waals surface area (Å²) in [6.07, 6.45) is 3.54. The molecular formula is C21H24FNO3. The lowest BCUT2D eigenvalue weighted by Crippen LogP contribution is -2.42. The van der Waals surface area contributed by atoms with E-state index in [1.165, 1.54) is 12.1 Å². The van der Waals surface area contributed by atoms with Crippen molar-refractivity contribution in [3.05, 3.63) is 59.4 Å². The highest BCUT2D eigenvalue weighted by molar-refractivity contribution is 5.88. The highest BCUT2D eigenvalue weighted by atomic mass is 19.1. The Morgan fingerprint density at radius 3 is 2.38 bits per heavy atom. The Bertz CT molecular complexity index is 767. The van der Waals surface area contributed by atoms with Gasteiger partial charge in [0.25, 0.3) is 0 Å². The SMILES string of the molecule is COc1cccc(CNC(=O)C2(c3ccc(F)cc3)CCCC2)c1OC. The minimum atomic E-state index is -0.584. The monoisotopic (exact) mass is 357 g/mol. The van der Waals surface area contributed by atoms with E-state index in [0.717, 1.165) is 36.8 Å². The Morgan fingerprint density at radius 2 is 1.77 bits per heavy atom. The van der Waals surface area contributed by atoms with Gasteiger partial charge in [-0.3, -0.25) is 4.79 Å². The summed E-state index contributed by atoms with van der Waals surface area (Å²) in [5.41, 5.74) is 1.15. The number of amides is 1. The summed E-state index contributed by atoms with van der Waals surface area (Å²) in [7, 11) is 3.17. The van der Waals surface area contributed by atoms with Crippen LogP contribution in [-0.2, 0) is 16.8 Å². The van der Waals surface area contributed by atoms with Gasteiger partial charge in [-0.2, -0.15) is 0 Å². The van der Waals surface area contributed by atoms with Gasteiger partial charge < -0.3 is 14.8 Å². The first kappa shape index (κ1) is 18.2. The number of benzene rings is 2. The van der Waals surface area contributed by atoms with Crippen molar-refractivity contribution < 1.29 is 18.7 Å². The van der Waals surface area contributed by atoms with Gasteiger partial charge >= 0.3 is 0 Å². The molecule has 1 N–H and O–H groups in total. The van der Waals surface area contributed by atoms with E-state index in [4.69, 9.17) is 9.47 Å². The molecule has 1 amide bonds. The highest BCUT2D eigenvalue weighted by Gasteiger charge is 2.42. The fourth-order valence-corrected chi connectivity index (χ4v) is 3.83. The number of hydrogen-bond donors (Lipinski definition) is 1. The summed E-state index contributed by atoms with van der Waals surface area (Å²) in [4.78, 5) is 13.1. The number of carbonyl (C=O) groups is 1. The number of halogens is 1. The van der Waals surface area contributed by atoms with Crippen LogP contribution in [0.5, 0.6) is 11.5 Å². The summed E-state index contributed by atoms with van der Waals surface area (Å²) >= 11 is 0. The number of nitrogens with one attached hydrogen (secondary N) is 1. The van der Waals surface area contributed by atoms with Gasteiger partial charge in [-0.1, -0.05) is 37.1 Å². The van der Waals surface area contributed by atoms with Gasteiger partial charge in [0.2, 0.25) is 5.91 Å². The molecule has 26 heavy (non-hydrogen) atoms. The second-order valence-corrected chi connectivity index (χ2v) is 6.63. The van der Waals surface area contributed by atoms with Crippen LogP contribution in [0, 0.1) is 5.82 Å². The van der Waals surface area contributed by atoms with Crippen molar-refractivity contribution in [2.24, 2.45) is 0 Å². The Morgan fingerprint density at radius 1 is 1.08 bits per heavy atom. The fourth-order valence-electron chi connectivity index (χ4n) is 3.83. The third-order valence-corrected chi connectivity index (χ3v) is 5.21. The van der Waals surface area contributed by atoms with Gasteiger partial charge in [0.05, 0.1) is 19.6 Å². The predicted octanol–water partition coefficient (Wildman–Crippen LogP) is 3.97. The van der Waals surface area contributed by atoms with Crippen molar-refractivity contribution >= 4 is 5.91 Å². The molecule has 5 heteroatoms. The van der Waals surface area contributed by atoms with Crippen molar-refractivity contribution in [2.45, 2.75) is 37.6 Å². The summed E-state index contributed by atoms with van der Waals surface area (Å²) in [5, 5.41) is 3.05. The second kappa shape index (κ2) is 7.77. The average Bonchev–Trinajstić information content (AvgIpc) is 3.17. The normalized spacial score (nSPS) is 15.5. The molecule has 3 rings (SSSR count). The van der Waals surface area contributed by atoms with Crippen LogP contribution in [0.1, 0.15) is 36.8 Å². The third kappa shape index (κ3) is 3.39. The molecule has 4 nitrogen and oxygen atoms in total. The van der Waals surface area contributed by atoms with Crippen molar-refractivity contribution in [3.8, 4) is 11.5 Å². The average molecular weight is 357 g/mol. The van der Waals surface area contributed by atoms with Crippen LogP contribution in [0.15, 0.2) is 42.5 Å². The maximum Gasteiger partial charge on any atom is 0.230 e. The molecule has 2 aromatic rings. The van der Waals surface area contributed by atoms with Crippen LogP contribution in [0.4, 0.5) is 4.39 Å². The minimum Gasteiger partial charge on any atom is -0.493 e. The number of hydrogen-bond acceptors (Lipinski definition) is 3. The van der Waals surface area contributed by atoms with Gasteiger partial charge in [-0.05, 0) is 36.6 Å². The molecule has 0 aromatic heterocycles. The number of ether oxygens (including phenoxy) is 2. The molecule has 0 heterocycles. The zero-order chi connectivity index (χ0) is 18.6. The van der Waals surface area contributed by atoms with Gasteiger partial charge in [0.1, 0.15) is 5.82 Å². The Kier molecular flexibility index (Phi) is 5.45. The van der Waals surface area contributed by atoms with Gasteiger partial charge in [-0.15, -0.1) is 0 Å². The molecule has 0 saturated heterocycles. The number of rotatable bonds is 6. The van der Waals surface area contributed by atoms with E-state index < -0.39 is 5.41 Å². The largest absolute Gasteiger partial charge is 0.493 e. The molecule has 0 aliphatic heterocycles. The van der Waals surface area contributed by atoms with E-state index in [0.29, 0.717) is 18.0 Å². The highest BCUT2D eigenvalue weighted by Crippen LogP contribution is 2.41. The zero-order valence-electron chi connectivity index (χ0n) is 15.2. The first-order valence-electron chi connectivity index (χ1n) is 8.85. The summed E-state index contributed by atoms with van der Waals surface area (Å²) < 4.78 is 24.0. The summed E-state index contributed by atoms with van der Waals surface area (Å²) in [5.74, 6) is 0.945. The van der Waals surface area contributed by atoms with Crippen LogP contribution in [0.3, 0.4) is 0 Å². The summed E-state index contributed by atoms with van der Waals surface area (Å²) in [6, 6.07) is 11.9. The molecule has 1 fully saturated rings.